The van der Waals surface area contributed by atoms with Crippen molar-refractivity contribution in [1.29, 1.82) is 0 Å². The number of benzene rings is 1. The molecule has 0 saturated heterocycles. The maximum atomic E-state index is 12.6. The molecular formula is C12H13BrF3N. The average Bonchev–Trinajstić information content (AvgIpc) is 2.17. The van der Waals surface area contributed by atoms with E-state index in [1.807, 2.05) is 0 Å². The molecule has 1 N–H and O–H groups in total. The number of alkyl halides is 3. The normalized spacial score (nSPS) is 24.3. The molecule has 1 aliphatic rings. The van der Waals surface area contributed by atoms with Crippen LogP contribution in [-0.2, 0) is 6.18 Å². The lowest BCUT2D eigenvalue weighted by Crippen LogP contribution is -2.33. The number of anilines is 1. The Morgan fingerprint density at radius 1 is 1.29 bits per heavy atom. The number of halogens is 4. The van der Waals surface area contributed by atoms with Crippen LogP contribution in [0.3, 0.4) is 0 Å². The number of nitrogens with one attached hydrogen (secondary N) is 1. The van der Waals surface area contributed by atoms with Gasteiger partial charge in [-0.3, -0.25) is 0 Å². The average molecular weight is 308 g/mol. The van der Waals surface area contributed by atoms with Gasteiger partial charge in [0.2, 0.25) is 0 Å². The van der Waals surface area contributed by atoms with E-state index in [1.165, 1.54) is 6.07 Å². The Hall–Kier alpha value is -0.710. The molecule has 1 aliphatic carbocycles. The molecule has 2 rings (SSSR count). The second-order valence-electron chi connectivity index (χ2n) is 4.61. The van der Waals surface area contributed by atoms with E-state index >= 15 is 0 Å². The number of hydrogen-bond acceptors (Lipinski definition) is 1. The van der Waals surface area contributed by atoms with Crippen LogP contribution in [0, 0.1) is 5.92 Å². The standard InChI is InChI=1S/C12H13BrF3N/c1-7-4-9(5-7)17-11-6-8(12(14,15)16)2-3-10(11)13/h2-3,6-7,9,17H,4-5H2,1H3. The molecule has 1 aromatic rings. The van der Waals surface area contributed by atoms with Gasteiger partial charge in [0.1, 0.15) is 0 Å². The van der Waals surface area contributed by atoms with Crippen LogP contribution < -0.4 is 5.32 Å². The van der Waals surface area contributed by atoms with Gasteiger partial charge < -0.3 is 5.32 Å². The second-order valence-corrected chi connectivity index (χ2v) is 5.46. The summed E-state index contributed by atoms with van der Waals surface area (Å²) in [6.45, 7) is 2.14. The fourth-order valence-corrected chi connectivity index (χ4v) is 2.41. The molecule has 0 aromatic heterocycles. The quantitative estimate of drug-likeness (QED) is 0.836. The van der Waals surface area contributed by atoms with Gasteiger partial charge >= 0.3 is 6.18 Å². The molecule has 5 heteroatoms. The summed E-state index contributed by atoms with van der Waals surface area (Å²) >= 11 is 3.26. The molecule has 17 heavy (non-hydrogen) atoms. The molecule has 0 spiro atoms. The highest BCUT2D eigenvalue weighted by Gasteiger charge is 2.31. The van der Waals surface area contributed by atoms with E-state index in [-0.39, 0.29) is 0 Å². The predicted molar refractivity (Wildman–Crippen MR) is 65.0 cm³/mol. The Balaban J connectivity index is 2.15. The molecule has 0 atom stereocenters. The van der Waals surface area contributed by atoms with Gasteiger partial charge in [-0.1, -0.05) is 6.92 Å². The lowest BCUT2D eigenvalue weighted by Gasteiger charge is -2.34. The van der Waals surface area contributed by atoms with Crippen molar-refractivity contribution >= 4 is 21.6 Å². The van der Waals surface area contributed by atoms with E-state index in [2.05, 4.69) is 28.2 Å². The van der Waals surface area contributed by atoms with Crippen LogP contribution >= 0.6 is 15.9 Å². The van der Waals surface area contributed by atoms with E-state index < -0.39 is 11.7 Å². The maximum absolute atomic E-state index is 12.6. The van der Waals surface area contributed by atoms with Gasteiger partial charge in [-0.15, -0.1) is 0 Å². The van der Waals surface area contributed by atoms with Gasteiger partial charge in [0, 0.05) is 16.2 Å². The summed E-state index contributed by atoms with van der Waals surface area (Å²) < 4.78 is 38.3. The van der Waals surface area contributed by atoms with Crippen LogP contribution in [0.2, 0.25) is 0 Å². The van der Waals surface area contributed by atoms with E-state index in [0.717, 1.165) is 25.0 Å². The fraction of sp³-hybridized carbons (Fsp3) is 0.500. The second kappa shape index (κ2) is 4.52. The van der Waals surface area contributed by atoms with Gasteiger partial charge in [-0.2, -0.15) is 13.2 Å². The van der Waals surface area contributed by atoms with Crippen molar-refractivity contribution in [2.75, 3.05) is 5.32 Å². The van der Waals surface area contributed by atoms with Crippen molar-refractivity contribution in [1.82, 2.24) is 0 Å². The Labute approximate surface area is 107 Å². The summed E-state index contributed by atoms with van der Waals surface area (Å²) in [5.74, 6) is 0.664. The van der Waals surface area contributed by atoms with Crippen LogP contribution in [0.5, 0.6) is 0 Å². The third kappa shape index (κ3) is 2.94. The van der Waals surface area contributed by atoms with Gasteiger partial charge in [-0.25, -0.2) is 0 Å². The van der Waals surface area contributed by atoms with Crippen molar-refractivity contribution in [3.63, 3.8) is 0 Å². The first-order chi connectivity index (χ1) is 7.86. The summed E-state index contributed by atoms with van der Waals surface area (Å²) in [4.78, 5) is 0. The monoisotopic (exact) mass is 307 g/mol. The molecule has 1 nitrogen and oxygen atoms in total. The third-order valence-corrected chi connectivity index (χ3v) is 3.72. The number of rotatable bonds is 2. The predicted octanol–water partition coefficient (Wildman–Crippen LogP) is 4.68. The minimum atomic E-state index is -4.29. The molecular weight excluding hydrogens is 295 g/mol. The van der Waals surface area contributed by atoms with Gasteiger partial charge in [-0.05, 0) is 52.9 Å². The summed E-state index contributed by atoms with van der Waals surface area (Å²) in [5.41, 5.74) is -0.0905. The van der Waals surface area contributed by atoms with Gasteiger partial charge in [0.15, 0.2) is 0 Å². The van der Waals surface area contributed by atoms with Crippen LogP contribution in [0.25, 0.3) is 0 Å². The van der Waals surface area contributed by atoms with Gasteiger partial charge in [0.25, 0.3) is 0 Å². The zero-order valence-electron chi connectivity index (χ0n) is 9.31. The van der Waals surface area contributed by atoms with E-state index in [9.17, 15) is 13.2 Å². The topological polar surface area (TPSA) is 12.0 Å². The Morgan fingerprint density at radius 3 is 2.47 bits per heavy atom. The Morgan fingerprint density at radius 2 is 1.94 bits per heavy atom. The number of hydrogen-bond donors (Lipinski definition) is 1. The summed E-state index contributed by atoms with van der Waals surface area (Å²) in [5, 5.41) is 3.14. The lowest BCUT2D eigenvalue weighted by molar-refractivity contribution is -0.137. The van der Waals surface area contributed by atoms with Gasteiger partial charge in [0.05, 0.1) is 5.56 Å². The van der Waals surface area contributed by atoms with E-state index in [1.54, 1.807) is 0 Å². The van der Waals surface area contributed by atoms with Crippen molar-refractivity contribution in [2.24, 2.45) is 5.92 Å². The van der Waals surface area contributed by atoms with Crippen molar-refractivity contribution < 1.29 is 13.2 Å². The van der Waals surface area contributed by atoms with Crippen LogP contribution in [0.1, 0.15) is 25.3 Å². The first-order valence-electron chi connectivity index (χ1n) is 5.49. The highest BCUT2D eigenvalue weighted by atomic mass is 79.9. The summed E-state index contributed by atoms with van der Waals surface area (Å²) in [7, 11) is 0. The minimum Gasteiger partial charge on any atom is -0.381 e. The lowest BCUT2D eigenvalue weighted by atomic mass is 9.82. The molecule has 1 fully saturated rings. The Kier molecular flexibility index (Phi) is 3.39. The zero-order valence-corrected chi connectivity index (χ0v) is 10.9. The minimum absolute atomic E-state index is 0.296. The van der Waals surface area contributed by atoms with Crippen LogP contribution in [-0.4, -0.2) is 6.04 Å². The largest absolute Gasteiger partial charge is 0.416 e. The van der Waals surface area contributed by atoms with Crippen LogP contribution in [0.15, 0.2) is 22.7 Å². The fourth-order valence-electron chi connectivity index (χ4n) is 2.05. The summed E-state index contributed by atoms with van der Waals surface area (Å²) in [6.07, 6.45) is -2.25. The summed E-state index contributed by atoms with van der Waals surface area (Å²) in [6, 6.07) is 3.98. The SMILES string of the molecule is CC1CC(Nc2cc(C(F)(F)F)ccc2Br)C1. The van der Waals surface area contributed by atoms with Crippen molar-refractivity contribution in [3.8, 4) is 0 Å². The Bertz CT molecular complexity index is 411. The van der Waals surface area contributed by atoms with E-state index in [0.29, 0.717) is 22.1 Å². The molecule has 1 saturated carbocycles. The maximum Gasteiger partial charge on any atom is 0.416 e. The zero-order chi connectivity index (χ0) is 12.6. The molecule has 0 bridgehead atoms. The molecule has 0 heterocycles. The van der Waals surface area contributed by atoms with Crippen molar-refractivity contribution in [3.05, 3.63) is 28.2 Å². The molecule has 0 radical (unpaired) electrons. The molecule has 94 valence electrons. The molecule has 0 unspecified atom stereocenters. The van der Waals surface area contributed by atoms with E-state index in [4.69, 9.17) is 0 Å². The molecule has 0 amide bonds. The van der Waals surface area contributed by atoms with Crippen LogP contribution in [0.4, 0.5) is 18.9 Å². The first-order valence-corrected chi connectivity index (χ1v) is 6.29. The molecule has 0 aliphatic heterocycles. The third-order valence-electron chi connectivity index (χ3n) is 3.03. The first kappa shape index (κ1) is 12.7. The smallest absolute Gasteiger partial charge is 0.381 e. The highest BCUT2D eigenvalue weighted by Crippen LogP contribution is 2.36. The molecule has 1 aromatic carbocycles. The highest BCUT2D eigenvalue weighted by molar-refractivity contribution is 9.10. The van der Waals surface area contributed by atoms with Crippen molar-refractivity contribution in [2.45, 2.75) is 32.0 Å².